The van der Waals surface area contributed by atoms with Crippen molar-refractivity contribution in [3.8, 4) is 0 Å². The quantitative estimate of drug-likeness (QED) is 0.796. The summed E-state index contributed by atoms with van der Waals surface area (Å²) < 4.78 is 26.2. The molecule has 2 aromatic rings. The van der Waals surface area contributed by atoms with E-state index in [0.29, 0.717) is 11.4 Å². The lowest BCUT2D eigenvalue weighted by molar-refractivity contribution is -0.890. The van der Waals surface area contributed by atoms with Crippen molar-refractivity contribution in [2.75, 3.05) is 19.3 Å². The maximum atomic E-state index is 12.3. The van der Waals surface area contributed by atoms with Crippen LogP contribution in [0.25, 0.3) is 0 Å². The summed E-state index contributed by atoms with van der Waals surface area (Å²) in [5, 5.41) is 0. The Morgan fingerprint density at radius 3 is 2.43 bits per heavy atom. The van der Waals surface area contributed by atoms with Crippen molar-refractivity contribution < 1.29 is 13.3 Å². The molecule has 0 radical (unpaired) electrons. The van der Waals surface area contributed by atoms with Gasteiger partial charge in [0, 0.05) is 4.47 Å². The molecule has 7 heteroatoms. The summed E-state index contributed by atoms with van der Waals surface area (Å²) in [5.74, 6) is 0.138. The topological polar surface area (TPSA) is 38.6 Å². The zero-order chi connectivity index (χ0) is 15.5. The summed E-state index contributed by atoms with van der Waals surface area (Å²) in [6.45, 7) is 1.35. The van der Waals surface area contributed by atoms with Gasteiger partial charge in [0.2, 0.25) is 0 Å². The minimum atomic E-state index is -3.22. The molecule has 0 fully saturated rings. The Kier molecular flexibility index (Phi) is 5.85. The first-order valence-electron chi connectivity index (χ1n) is 6.41. The summed E-state index contributed by atoms with van der Waals surface area (Å²) >= 11 is 10.7. The molecule has 114 valence electrons. The summed E-state index contributed by atoms with van der Waals surface area (Å²) in [6, 6.07) is 10.6. The number of thiophene rings is 1. The average Bonchev–Trinajstić information content (AvgIpc) is 2.82. The third kappa shape index (κ3) is 5.07. The highest BCUT2D eigenvalue weighted by Gasteiger charge is 2.17. The van der Waals surface area contributed by atoms with Crippen molar-refractivity contribution in [3.63, 3.8) is 0 Å². The van der Waals surface area contributed by atoms with E-state index in [1.165, 1.54) is 16.2 Å². The largest absolute Gasteiger partial charge is 0.332 e. The zero-order valence-electron chi connectivity index (χ0n) is 11.5. The SMILES string of the molecule is C[NH+](CCS(=O)(=O)c1ccc(Br)cc1)Cc1ccc(Cl)s1. The predicted molar refractivity (Wildman–Crippen MR) is 91.0 cm³/mol. The third-order valence-electron chi connectivity index (χ3n) is 3.08. The maximum absolute atomic E-state index is 12.3. The van der Waals surface area contributed by atoms with Crippen LogP contribution in [0, 0.1) is 0 Å². The molecule has 21 heavy (non-hydrogen) atoms. The van der Waals surface area contributed by atoms with Gasteiger partial charge in [-0.15, -0.1) is 11.3 Å². The Balaban J connectivity index is 1.93. The van der Waals surface area contributed by atoms with Gasteiger partial charge in [-0.25, -0.2) is 8.42 Å². The molecule has 0 aliphatic heterocycles. The fraction of sp³-hybridized carbons (Fsp3) is 0.286. The molecule has 0 bridgehead atoms. The van der Waals surface area contributed by atoms with Crippen LogP contribution in [-0.2, 0) is 16.4 Å². The van der Waals surface area contributed by atoms with Gasteiger partial charge >= 0.3 is 0 Å². The van der Waals surface area contributed by atoms with E-state index in [0.717, 1.165) is 20.3 Å². The molecular weight excluding hydrogens is 394 g/mol. The lowest BCUT2D eigenvalue weighted by atomic mass is 10.4. The normalized spacial score (nSPS) is 13.3. The highest BCUT2D eigenvalue weighted by atomic mass is 79.9. The van der Waals surface area contributed by atoms with E-state index in [1.807, 2.05) is 19.2 Å². The minimum Gasteiger partial charge on any atom is -0.332 e. The highest BCUT2D eigenvalue weighted by Crippen LogP contribution is 2.20. The van der Waals surface area contributed by atoms with Crippen molar-refractivity contribution in [3.05, 3.63) is 50.1 Å². The summed E-state index contributed by atoms with van der Waals surface area (Å²) in [5.41, 5.74) is 0. The summed E-state index contributed by atoms with van der Waals surface area (Å²) in [4.78, 5) is 2.69. The van der Waals surface area contributed by atoms with Crippen LogP contribution in [0.4, 0.5) is 0 Å². The Labute approximate surface area is 142 Å². The molecule has 0 aliphatic rings. The van der Waals surface area contributed by atoms with Crippen molar-refractivity contribution in [2.45, 2.75) is 11.4 Å². The Morgan fingerprint density at radius 2 is 1.86 bits per heavy atom. The van der Waals surface area contributed by atoms with Gasteiger partial charge in [-0.05, 0) is 36.4 Å². The fourth-order valence-electron chi connectivity index (χ4n) is 1.90. The van der Waals surface area contributed by atoms with Crippen LogP contribution in [0.15, 0.2) is 45.8 Å². The zero-order valence-corrected chi connectivity index (χ0v) is 15.4. The molecule has 2 rings (SSSR count). The molecular formula is C14H16BrClNO2S2+. The van der Waals surface area contributed by atoms with E-state index in [4.69, 9.17) is 11.6 Å². The molecule has 1 heterocycles. The van der Waals surface area contributed by atoms with E-state index in [1.54, 1.807) is 24.3 Å². The number of hydrogen-bond donors (Lipinski definition) is 1. The van der Waals surface area contributed by atoms with E-state index < -0.39 is 9.84 Å². The second-order valence-electron chi connectivity index (χ2n) is 4.86. The molecule has 0 aliphatic carbocycles. The first-order valence-corrected chi connectivity index (χ1v) is 10.0. The molecule has 1 atom stereocenters. The number of nitrogens with one attached hydrogen (secondary N) is 1. The van der Waals surface area contributed by atoms with Gasteiger partial charge in [-0.1, -0.05) is 27.5 Å². The molecule has 0 saturated heterocycles. The smallest absolute Gasteiger partial charge is 0.183 e. The first kappa shape index (κ1) is 17.0. The van der Waals surface area contributed by atoms with Crippen molar-refractivity contribution in [1.29, 1.82) is 0 Å². The number of rotatable bonds is 6. The standard InChI is InChI=1S/C14H15BrClNO2S2/c1-17(10-12-4-7-14(16)20-12)8-9-21(18,19)13-5-2-11(15)3-6-13/h2-7H,8-10H2,1H3/p+1. The fourth-order valence-corrected chi connectivity index (χ4v) is 4.77. The van der Waals surface area contributed by atoms with Gasteiger partial charge < -0.3 is 4.90 Å². The minimum absolute atomic E-state index is 0.138. The lowest BCUT2D eigenvalue weighted by Gasteiger charge is -2.13. The van der Waals surface area contributed by atoms with Crippen LogP contribution in [0.3, 0.4) is 0 Å². The van der Waals surface area contributed by atoms with E-state index in [9.17, 15) is 8.42 Å². The van der Waals surface area contributed by atoms with Crippen LogP contribution >= 0.6 is 38.9 Å². The van der Waals surface area contributed by atoms with Crippen LogP contribution < -0.4 is 4.90 Å². The molecule has 3 nitrogen and oxygen atoms in total. The molecule has 0 saturated carbocycles. The summed E-state index contributed by atoms with van der Waals surface area (Å²) in [6.07, 6.45) is 0. The number of quaternary nitrogens is 1. The monoisotopic (exact) mass is 408 g/mol. The van der Waals surface area contributed by atoms with Gasteiger partial charge in [0.05, 0.1) is 27.7 Å². The second kappa shape index (κ2) is 7.24. The predicted octanol–water partition coefficient (Wildman–Crippen LogP) is 2.65. The summed E-state index contributed by atoms with van der Waals surface area (Å²) in [7, 11) is -1.23. The molecule has 1 aromatic carbocycles. The van der Waals surface area contributed by atoms with E-state index >= 15 is 0 Å². The molecule has 0 amide bonds. The third-order valence-corrected chi connectivity index (χ3v) is 6.57. The highest BCUT2D eigenvalue weighted by molar-refractivity contribution is 9.10. The van der Waals surface area contributed by atoms with Crippen molar-refractivity contribution in [2.24, 2.45) is 0 Å². The molecule has 1 N–H and O–H groups in total. The average molecular weight is 410 g/mol. The van der Waals surface area contributed by atoms with E-state index in [2.05, 4.69) is 15.9 Å². The Morgan fingerprint density at radius 1 is 1.19 bits per heavy atom. The van der Waals surface area contributed by atoms with Gasteiger partial charge in [-0.3, -0.25) is 0 Å². The first-order chi connectivity index (χ1) is 9.87. The van der Waals surface area contributed by atoms with Crippen LogP contribution in [0.2, 0.25) is 4.34 Å². The number of halogens is 2. The van der Waals surface area contributed by atoms with Gasteiger partial charge in [0.25, 0.3) is 0 Å². The lowest BCUT2D eigenvalue weighted by Crippen LogP contribution is -3.08. The Hall–Kier alpha value is -0.400. The van der Waals surface area contributed by atoms with Crippen molar-refractivity contribution >= 4 is 48.7 Å². The van der Waals surface area contributed by atoms with Gasteiger partial charge in [0.15, 0.2) is 9.84 Å². The van der Waals surface area contributed by atoms with Crippen LogP contribution in [0.5, 0.6) is 0 Å². The maximum Gasteiger partial charge on any atom is 0.183 e. The van der Waals surface area contributed by atoms with Crippen LogP contribution in [0.1, 0.15) is 4.88 Å². The number of hydrogen-bond acceptors (Lipinski definition) is 3. The number of sulfone groups is 1. The Bertz CT molecular complexity index is 698. The molecule has 0 spiro atoms. The van der Waals surface area contributed by atoms with Crippen molar-refractivity contribution in [1.82, 2.24) is 0 Å². The van der Waals surface area contributed by atoms with Gasteiger partial charge in [-0.2, -0.15) is 0 Å². The molecule has 1 aromatic heterocycles. The second-order valence-corrected chi connectivity index (χ2v) is 9.69. The van der Waals surface area contributed by atoms with Crippen LogP contribution in [-0.4, -0.2) is 27.8 Å². The number of benzene rings is 1. The van der Waals surface area contributed by atoms with Gasteiger partial charge in [0.1, 0.15) is 12.3 Å². The van der Waals surface area contributed by atoms with E-state index in [-0.39, 0.29) is 5.75 Å². The molecule has 1 unspecified atom stereocenters.